The number of imide groups is 1. The second-order valence-corrected chi connectivity index (χ2v) is 5.26. The second-order valence-electron chi connectivity index (χ2n) is 5.26. The summed E-state index contributed by atoms with van der Waals surface area (Å²) in [6.07, 6.45) is 0. The minimum absolute atomic E-state index is 0.0878. The van der Waals surface area contributed by atoms with Gasteiger partial charge in [0.15, 0.2) is 5.78 Å². The van der Waals surface area contributed by atoms with Crippen molar-refractivity contribution in [1.29, 1.82) is 0 Å². The van der Waals surface area contributed by atoms with Gasteiger partial charge >= 0.3 is 0 Å². The fraction of sp³-hybridized carbons (Fsp3) is 0.211. The van der Waals surface area contributed by atoms with Crippen LogP contribution in [-0.4, -0.2) is 35.6 Å². The first-order valence-electron chi connectivity index (χ1n) is 7.60. The molecule has 124 valence electrons. The summed E-state index contributed by atoms with van der Waals surface area (Å²) in [5.74, 6) is -0.211. The molecular weight excluding hydrogens is 306 g/mol. The standard InChI is InChI=1S/C19H19NO4/c1-14(21)20(15(2)22)11-12-24-18-10-6-9-17(13-18)19(23)16-7-4-3-5-8-16/h3-10,13H,11-12H2,1-2H3. The molecule has 24 heavy (non-hydrogen) atoms. The van der Waals surface area contributed by atoms with E-state index >= 15 is 0 Å². The predicted octanol–water partition coefficient (Wildman–Crippen LogP) is 2.69. The van der Waals surface area contributed by atoms with E-state index in [9.17, 15) is 14.4 Å². The number of amides is 2. The van der Waals surface area contributed by atoms with E-state index in [1.807, 2.05) is 18.2 Å². The molecule has 0 bridgehead atoms. The van der Waals surface area contributed by atoms with Crippen LogP contribution in [0.15, 0.2) is 54.6 Å². The maximum Gasteiger partial charge on any atom is 0.226 e. The zero-order valence-electron chi connectivity index (χ0n) is 13.7. The van der Waals surface area contributed by atoms with Gasteiger partial charge in [-0.2, -0.15) is 0 Å². The average molecular weight is 325 g/mol. The van der Waals surface area contributed by atoms with Gasteiger partial charge in [-0.15, -0.1) is 0 Å². The summed E-state index contributed by atoms with van der Waals surface area (Å²) in [5.41, 5.74) is 1.13. The van der Waals surface area contributed by atoms with Crippen molar-refractivity contribution in [3.05, 3.63) is 65.7 Å². The molecule has 5 heteroatoms. The van der Waals surface area contributed by atoms with Crippen LogP contribution in [0.5, 0.6) is 5.75 Å². The van der Waals surface area contributed by atoms with Crippen LogP contribution < -0.4 is 4.74 Å². The molecule has 0 fully saturated rings. The number of nitrogens with zero attached hydrogens (tertiary/aromatic N) is 1. The van der Waals surface area contributed by atoms with E-state index in [1.165, 1.54) is 13.8 Å². The molecular formula is C19H19NO4. The van der Waals surface area contributed by atoms with Crippen LogP contribution in [-0.2, 0) is 9.59 Å². The van der Waals surface area contributed by atoms with E-state index < -0.39 is 0 Å². The number of hydrogen-bond donors (Lipinski definition) is 0. The van der Waals surface area contributed by atoms with Gasteiger partial charge in [-0.1, -0.05) is 42.5 Å². The van der Waals surface area contributed by atoms with E-state index in [-0.39, 0.29) is 30.7 Å². The highest BCUT2D eigenvalue weighted by Crippen LogP contribution is 2.16. The Morgan fingerprint density at radius 1 is 0.875 bits per heavy atom. The third kappa shape index (κ3) is 4.52. The summed E-state index contributed by atoms with van der Waals surface area (Å²) in [6, 6.07) is 15.8. The molecule has 0 radical (unpaired) electrons. The van der Waals surface area contributed by atoms with Crippen molar-refractivity contribution in [3.63, 3.8) is 0 Å². The number of rotatable bonds is 6. The van der Waals surface area contributed by atoms with Gasteiger partial charge in [0.25, 0.3) is 0 Å². The lowest BCUT2D eigenvalue weighted by Gasteiger charge is -2.17. The van der Waals surface area contributed by atoms with Crippen molar-refractivity contribution in [3.8, 4) is 5.75 Å². The highest BCUT2D eigenvalue weighted by molar-refractivity contribution is 6.09. The summed E-state index contributed by atoms with van der Waals surface area (Å²) in [5, 5.41) is 0. The number of carbonyl (C=O) groups is 3. The molecule has 2 amide bonds. The summed E-state index contributed by atoms with van der Waals surface area (Å²) < 4.78 is 5.57. The zero-order valence-corrected chi connectivity index (χ0v) is 13.7. The molecule has 5 nitrogen and oxygen atoms in total. The van der Waals surface area contributed by atoms with Crippen LogP contribution in [0.4, 0.5) is 0 Å². The summed E-state index contributed by atoms with van der Waals surface area (Å²) in [7, 11) is 0. The first kappa shape index (κ1) is 17.4. The highest BCUT2D eigenvalue weighted by Gasteiger charge is 2.13. The molecule has 0 heterocycles. The fourth-order valence-corrected chi connectivity index (χ4v) is 2.27. The van der Waals surface area contributed by atoms with Gasteiger partial charge in [0.05, 0.1) is 6.54 Å². The SMILES string of the molecule is CC(=O)N(CCOc1cccc(C(=O)c2ccccc2)c1)C(C)=O. The maximum absolute atomic E-state index is 12.4. The van der Waals surface area contributed by atoms with Crippen LogP contribution in [0, 0.1) is 0 Å². The minimum atomic E-state index is -0.320. The van der Waals surface area contributed by atoms with Crippen LogP contribution in [0.25, 0.3) is 0 Å². The molecule has 0 unspecified atom stereocenters. The minimum Gasteiger partial charge on any atom is -0.492 e. The van der Waals surface area contributed by atoms with Gasteiger partial charge < -0.3 is 4.74 Å². The smallest absolute Gasteiger partial charge is 0.226 e. The molecule has 2 aromatic rings. The molecule has 0 saturated heterocycles. The Morgan fingerprint density at radius 2 is 1.50 bits per heavy atom. The molecule has 0 N–H and O–H groups in total. The lowest BCUT2D eigenvalue weighted by Crippen LogP contribution is -2.36. The van der Waals surface area contributed by atoms with Crippen LogP contribution in [0.1, 0.15) is 29.8 Å². The van der Waals surface area contributed by atoms with E-state index in [4.69, 9.17) is 4.74 Å². The van der Waals surface area contributed by atoms with E-state index in [0.717, 1.165) is 4.90 Å². The van der Waals surface area contributed by atoms with Gasteiger partial charge in [-0.25, -0.2) is 0 Å². The van der Waals surface area contributed by atoms with Crippen LogP contribution in [0.2, 0.25) is 0 Å². The van der Waals surface area contributed by atoms with E-state index in [0.29, 0.717) is 16.9 Å². The third-order valence-corrected chi connectivity index (χ3v) is 3.48. The summed E-state index contributed by atoms with van der Waals surface area (Å²) >= 11 is 0. The van der Waals surface area contributed by atoms with Crippen molar-refractivity contribution in [2.24, 2.45) is 0 Å². The number of benzene rings is 2. The lowest BCUT2D eigenvalue weighted by molar-refractivity contribution is -0.142. The number of carbonyl (C=O) groups excluding carboxylic acids is 3. The van der Waals surface area contributed by atoms with Crippen LogP contribution >= 0.6 is 0 Å². The van der Waals surface area contributed by atoms with Gasteiger partial charge in [0.1, 0.15) is 12.4 Å². The van der Waals surface area contributed by atoms with Crippen LogP contribution in [0.3, 0.4) is 0 Å². The molecule has 0 atom stereocenters. The van der Waals surface area contributed by atoms with Gasteiger partial charge in [-0.05, 0) is 12.1 Å². The first-order chi connectivity index (χ1) is 11.5. The Morgan fingerprint density at radius 3 is 2.12 bits per heavy atom. The van der Waals surface area contributed by atoms with Gasteiger partial charge in [0.2, 0.25) is 11.8 Å². The first-order valence-corrected chi connectivity index (χ1v) is 7.60. The number of ketones is 1. The van der Waals surface area contributed by atoms with Crippen molar-refractivity contribution in [2.75, 3.05) is 13.2 Å². The monoisotopic (exact) mass is 325 g/mol. The third-order valence-electron chi connectivity index (χ3n) is 3.48. The Balaban J connectivity index is 2.02. The molecule has 0 aliphatic rings. The second kappa shape index (κ2) is 8.06. The van der Waals surface area contributed by atoms with Gasteiger partial charge in [0, 0.05) is 25.0 Å². The zero-order chi connectivity index (χ0) is 17.5. The maximum atomic E-state index is 12.4. The molecule has 2 rings (SSSR count). The molecule has 0 saturated carbocycles. The molecule has 0 aromatic heterocycles. The topological polar surface area (TPSA) is 63.7 Å². The molecule has 0 aliphatic carbocycles. The van der Waals surface area contributed by atoms with Gasteiger partial charge in [-0.3, -0.25) is 19.3 Å². The largest absolute Gasteiger partial charge is 0.492 e. The lowest BCUT2D eigenvalue weighted by atomic mass is 10.0. The molecule has 0 aliphatic heterocycles. The fourth-order valence-electron chi connectivity index (χ4n) is 2.27. The molecule has 0 spiro atoms. The Kier molecular flexibility index (Phi) is 5.84. The van der Waals surface area contributed by atoms with Crippen molar-refractivity contribution in [2.45, 2.75) is 13.8 Å². The molecule has 2 aromatic carbocycles. The van der Waals surface area contributed by atoms with Crippen molar-refractivity contribution in [1.82, 2.24) is 4.90 Å². The Hall–Kier alpha value is -2.95. The van der Waals surface area contributed by atoms with E-state index in [2.05, 4.69) is 0 Å². The van der Waals surface area contributed by atoms with Crippen molar-refractivity contribution >= 4 is 17.6 Å². The highest BCUT2D eigenvalue weighted by atomic mass is 16.5. The number of hydrogen-bond acceptors (Lipinski definition) is 4. The Bertz CT molecular complexity index is 726. The average Bonchev–Trinajstić information content (AvgIpc) is 2.58. The quantitative estimate of drug-likeness (QED) is 0.766. The normalized spacial score (nSPS) is 10.1. The Labute approximate surface area is 140 Å². The number of ether oxygens (including phenoxy) is 1. The predicted molar refractivity (Wildman–Crippen MR) is 89.9 cm³/mol. The summed E-state index contributed by atoms with van der Waals surface area (Å²) in [4.78, 5) is 36.2. The van der Waals surface area contributed by atoms with E-state index in [1.54, 1.807) is 36.4 Å². The summed E-state index contributed by atoms with van der Waals surface area (Å²) in [6.45, 7) is 3.00. The van der Waals surface area contributed by atoms with Crippen molar-refractivity contribution < 1.29 is 19.1 Å².